The molecule has 0 aliphatic heterocycles. The van der Waals surface area contributed by atoms with Crippen LogP contribution in [0.4, 0.5) is 0 Å². The van der Waals surface area contributed by atoms with Crippen LogP contribution in [0.15, 0.2) is 0 Å². The molecule has 0 amide bonds. The molecule has 0 aromatic heterocycles. The van der Waals surface area contributed by atoms with E-state index in [1.54, 1.807) is 0 Å². The normalized spacial score (nSPS) is 23.8. The van der Waals surface area contributed by atoms with E-state index in [1.807, 2.05) is 41.5 Å². The zero-order chi connectivity index (χ0) is 18.5. The average Bonchev–Trinajstić information content (AvgIpc) is 2.33. The predicted octanol–water partition coefficient (Wildman–Crippen LogP) is 4.52. The molecule has 1 saturated carbocycles. The molecule has 0 spiro atoms. The van der Waals surface area contributed by atoms with Gasteiger partial charge in [-0.3, -0.25) is 0 Å². The van der Waals surface area contributed by atoms with Gasteiger partial charge in [-0.05, 0) is 59.3 Å². The Kier molecular flexibility index (Phi) is 9.00. The van der Waals surface area contributed by atoms with Gasteiger partial charge in [-0.1, -0.05) is 20.8 Å². The summed E-state index contributed by atoms with van der Waals surface area (Å²) in [6.45, 7) is 18.5. The first-order chi connectivity index (χ1) is 10.2. The van der Waals surface area contributed by atoms with Crippen LogP contribution in [0.1, 0.15) is 81.6 Å². The molecule has 23 heavy (non-hydrogen) atoms. The maximum absolute atomic E-state index is 8.39. The Balaban J connectivity index is 0.00000232. The fraction of sp³-hybridized carbons (Fsp3) is 1.00. The van der Waals surface area contributed by atoms with Crippen LogP contribution in [0.3, 0.4) is 0 Å². The van der Waals surface area contributed by atoms with Crippen molar-refractivity contribution in [2.24, 2.45) is 11.3 Å². The molecule has 0 N–H and O–H groups in total. The molecule has 0 bridgehead atoms. The zero-order valence-corrected chi connectivity index (χ0v) is 20.1. The summed E-state index contributed by atoms with van der Waals surface area (Å²) in [5.74, 6) is -0.359. The third-order valence-electron chi connectivity index (χ3n) is 3.20. The van der Waals surface area contributed by atoms with E-state index < -0.39 is 5.79 Å². The first kappa shape index (κ1) is 23.6. The van der Waals surface area contributed by atoms with Crippen LogP contribution in [0.25, 0.3) is 0 Å². The van der Waals surface area contributed by atoms with Crippen LogP contribution >= 0.6 is 0 Å². The van der Waals surface area contributed by atoms with Crippen LogP contribution < -0.4 is 0 Å². The molecular weight excluding hydrogens is 491 g/mol. The zero-order valence-electron chi connectivity index (χ0n) is 16.2. The van der Waals surface area contributed by atoms with Gasteiger partial charge in [0, 0.05) is 12.8 Å². The Morgan fingerprint density at radius 3 is 1.57 bits per heavy atom. The Bertz CT molecular complexity index is 339. The summed E-state index contributed by atoms with van der Waals surface area (Å²) in [5.41, 5.74) is -0.647. The third-order valence-corrected chi connectivity index (χ3v) is 3.20. The summed E-state index contributed by atoms with van der Waals surface area (Å²) in [6, 6.07) is 0. The molecule has 1 atom stereocenters. The van der Waals surface area contributed by atoms with E-state index >= 15 is 0 Å². The molecule has 0 saturated heterocycles. The number of rotatable bonds is 4. The topological polar surface area (TPSA) is 54.0 Å². The SMILES string of the molecule is CC1CC(C)(C)CC(OOC(C)(C)C)(OOC(C)(C)C)C1.[O]=[Pb]. The molecule has 1 unspecified atom stereocenters. The minimum atomic E-state index is -0.846. The summed E-state index contributed by atoms with van der Waals surface area (Å²) >= 11 is 0.0556. The van der Waals surface area contributed by atoms with E-state index in [9.17, 15) is 0 Å². The van der Waals surface area contributed by atoms with Crippen LogP contribution in [-0.2, 0) is 22.2 Å². The summed E-state index contributed by atoms with van der Waals surface area (Å²) in [6.07, 6.45) is 2.66. The van der Waals surface area contributed by atoms with Gasteiger partial charge in [0.2, 0.25) is 5.79 Å². The maximum atomic E-state index is 8.39. The standard InChI is InChI=1S/C17H34O4.O.Pb/c1-13-10-16(8,9)12-17(11-13,20-18-14(2,3)4)21-19-15(5,6)7;;/h13H,10-12H2,1-9H3;;. The summed E-state index contributed by atoms with van der Waals surface area (Å²) < 4.78 is 8.39. The second-order valence-electron chi connectivity index (χ2n) is 9.32. The van der Waals surface area contributed by atoms with Gasteiger partial charge in [0.15, 0.2) is 0 Å². The Morgan fingerprint density at radius 2 is 1.26 bits per heavy atom. The predicted molar refractivity (Wildman–Crippen MR) is 89.8 cm³/mol. The molecule has 136 valence electrons. The van der Waals surface area contributed by atoms with E-state index in [0.717, 1.165) is 19.3 Å². The van der Waals surface area contributed by atoms with Crippen molar-refractivity contribution in [3.63, 3.8) is 0 Å². The Hall–Kier alpha value is 0.562. The first-order valence-corrected chi connectivity index (χ1v) is 9.75. The van der Waals surface area contributed by atoms with Gasteiger partial charge in [0.1, 0.15) is 0 Å². The van der Waals surface area contributed by atoms with Crippen molar-refractivity contribution in [1.29, 1.82) is 0 Å². The molecule has 2 radical (unpaired) electrons. The van der Waals surface area contributed by atoms with Gasteiger partial charge in [0.05, 0.1) is 11.2 Å². The van der Waals surface area contributed by atoms with Crippen molar-refractivity contribution in [3.8, 4) is 0 Å². The van der Waals surface area contributed by atoms with Gasteiger partial charge in [0.25, 0.3) is 0 Å². The third kappa shape index (κ3) is 10.2. The minimum absolute atomic E-state index is 0.0556. The van der Waals surface area contributed by atoms with E-state index in [2.05, 4.69) is 20.8 Å². The van der Waals surface area contributed by atoms with E-state index in [1.165, 1.54) is 0 Å². The Labute approximate surface area is 157 Å². The molecule has 0 heterocycles. The number of hydrogen-bond donors (Lipinski definition) is 0. The van der Waals surface area contributed by atoms with Crippen LogP contribution in [-0.4, -0.2) is 42.8 Å². The van der Waals surface area contributed by atoms with Crippen LogP contribution in [0.2, 0.25) is 0 Å². The van der Waals surface area contributed by atoms with Crippen molar-refractivity contribution in [3.05, 3.63) is 0 Å². The van der Waals surface area contributed by atoms with Crippen molar-refractivity contribution in [1.82, 2.24) is 0 Å². The molecule has 1 rings (SSSR count). The molecular formula is C17H34O5Pb. The average molecular weight is 526 g/mol. The summed E-state index contributed by atoms with van der Waals surface area (Å²) in [4.78, 5) is 22.7. The number of hydrogen-bond acceptors (Lipinski definition) is 5. The molecule has 5 nitrogen and oxygen atoms in total. The van der Waals surface area contributed by atoms with Crippen molar-refractivity contribution >= 4 is 25.8 Å². The van der Waals surface area contributed by atoms with Gasteiger partial charge in [-0.15, -0.1) is 0 Å². The second-order valence-corrected chi connectivity index (χ2v) is 9.32. The molecule has 0 aromatic carbocycles. The van der Waals surface area contributed by atoms with Crippen molar-refractivity contribution in [2.45, 2.75) is 98.6 Å². The van der Waals surface area contributed by atoms with Crippen molar-refractivity contribution in [2.75, 3.05) is 0 Å². The first-order valence-electron chi connectivity index (χ1n) is 8.16. The quantitative estimate of drug-likeness (QED) is 0.234. The fourth-order valence-corrected chi connectivity index (χ4v) is 2.96. The summed E-state index contributed by atoms with van der Waals surface area (Å²) in [5, 5.41) is 0. The molecule has 0 aromatic rings. The Morgan fingerprint density at radius 1 is 0.870 bits per heavy atom. The van der Waals surface area contributed by atoms with Crippen LogP contribution in [0.5, 0.6) is 0 Å². The van der Waals surface area contributed by atoms with Crippen molar-refractivity contribution < 1.29 is 22.2 Å². The molecule has 6 heteroatoms. The van der Waals surface area contributed by atoms with Gasteiger partial charge in [-0.25, -0.2) is 9.78 Å². The van der Waals surface area contributed by atoms with E-state index in [4.69, 9.17) is 22.2 Å². The summed E-state index contributed by atoms with van der Waals surface area (Å²) in [7, 11) is 0. The van der Waals surface area contributed by atoms with E-state index in [-0.39, 0.29) is 42.4 Å². The molecule has 1 fully saturated rings. The fourth-order valence-electron chi connectivity index (χ4n) is 2.96. The molecule has 1 aliphatic rings. The van der Waals surface area contributed by atoms with E-state index in [0.29, 0.717) is 5.92 Å². The van der Waals surface area contributed by atoms with Crippen LogP contribution in [0, 0.1) is 11.3 Å². The van der Waals surface area contributed by atoms with Gasteiger partial charge in [-0.2, -0.15) is 9.78 Å². The van der Waals surface area contributed by atoms with Gasteiger partial charge < -0.3 is 0 Å². The molecule has 1 aliphatic carbocycles. The van der Waals surface area contributed by atoms with Gasteiger partial charge >= 0.3 is 28.5 Å². The monoisotopic (exact) mass is 526 g/mol. The second kappa shape index (κ2) is 8.78.